The highest BCUT2D eigenvalue weighted by molar-refractivity contribution is 5.93. The fourth-order valence-corrected chi connectivity index (χ4v) is 3.09. The molecule has 3 rings (SSSR count). The number of urea groups is 1. The van der Waals surface area contributed by atoms with Gasteiger partial charge in [-0.3, -0.25) is 4.79 Å². The summed E-state index contributed by atoms with van der Waals surface area (Å²) in [5.41, 5.74) is 0.537. The Morgan fingerprint density at radius 2 is 2.04 bits per heavy atom. The lowest BCUT2D eigenvalue weighted by Gasteiger charge is -2.24. The first-order chi connectivity index (χ1) is 12.6. The number of furan rings is 1. The van der Waals surface area contributed by atoms with Crippen molar-refractivity contribution in [1.29, 1.82) is 0 Å². The highest BCUT2D eigenvalue weighted by Gasteiger charge is 2.25. The van der Waals surface area contributed by atoms with Gasteiger partial charge in [0.15, 0.2) is 0 Å². The highest BCUT2D eigenvalue weighted by atomic mass is 16.3. The number of aryl methyl sites for hydroxylation is 1. The zero-order valence-electron chi connectivity index (χ0n) is 15.1. The third kappa shape index (κ3) is 3.87. The van der Waals surface area contributed by atoms with Crippen molar-refractivity contribution >= 4 is 11.9 Å². The van der Waals surface area contributed by atoms with E-state index in [4.69, 9.17) is 4.42 Å². The summed E-state index contributed by atoms with van der Waals surface area (Å²) in [6, 6.07) is 1.26. The van der Waals surface area contributed by atoms with E-state index in [1.807, 2.05) is 13.8 Å². The molecule has 0 aromatic carbocycles. The highest BCUT2D eigenvalue weighted by Crippen LogP contribution is 2.12. The van der Waals surface area contributed by atoms with Crippen LogP contribution in [0.15, 0.2) is 29.3 Å². The zero-order chi connectivity index (χ0) is 18.5. The number of hydrogen-bond donors (Lipinski definition) is 1. The Kier molecular flexibility index (Phi) is 5.55. The number of hydrogen-bond acceptors (Lipinski definition) is 5. The molecule has 0 bridgehead atoms. The van der Waals surface area contributed by atoms with Crippen LogP contribution in [0.3, 0.4) is 0 Å². The molecule has 1 aliphatic rings. The molecule has 0 saturated carbocycles. The van der Waals surface area contributed by atoms with Gasteiger partial charge < -0.3 is 19.5 Å². The Morgan fingerprint density at radius 3 is 2.77 bits per heavy atom. The van der Waals surface area contributed by atoms with E-state index < -0.39 is 0 Å². The van der Waals surface area contributed by atoms with Gasteiger partial charge in [-0.1, -0.05) is 0 Å². The summed E-state index contributed by atoms with van der Waals surface area (Å²) in [5.74, 6) is 0.665. The first kappa shape index (κ1) is 18.0. The lowest BCUT2D eigenvalue weighted by Crippen LogP contribution is -2.43. The molecule has 0 spiro atoms. The SMILES string of the molecule is CCn1ncnc1[C@H](C)NC(=O)N1CCCN(C(=O)c2ccoc2)CC1. The summed E-state index contributed by atoms with van der Waals surface area (Å²) < 4.78 is 6.74. The smallest absolute Gasteiger partial charge is 0.318 e. The van der Waals surface area contributed by atoms with Gasteiger partial charge in [0.2, 0.25) is 0 Å². The Hall–Kier alpha value is -2.84. The summed E-state index contributed by atoms with van der Waals surface area (Å²) in [6.45, 7) is 6.78. The molecule has 0 unspecified atom stereocenters. The van der Waals surface area contributed by atoms with Crippen LogP contribution in [0.2, 0.25) is 0 Å². The van der Waals surface area contributed by atoms with Gasteiger partial charge in [0.25, 0.3) is 5.91 Å². The summed E-state index contributed by atoms with van der Waals surface area (Å²) in [4.78, 5) is 32.7. The second-order valence-corrected chi connectivity index (χ2v) is 6.25. The number of amides is 3. The molecule has 140 valence electrons. The van der Waals surface area contributed by atoms with Crippen LogP contribution in [0, 0.1) is 0 Å². The number of nitrogens with one attached hydrogen (secondary N) is 1. The maximum Gasteiger partial charge on any atom is 0.318 e. The molecule has 1 fully saturated rings. The monoisotopic (exact) mass is 360 g/mol. The van der Waals surface area contributed by atoms with E-state index in [-0.39, 0.29) is 18.0 Å². The molecule has 1 saturated heterocycles. The van der Waals surface area contributed by atoms with Crippen molar-refractivity contribution in [2.75, 3.05) is 26.2 Å². The van der Waals surface area contributed by atoms with E-state index in [2.05, 4.69) is 15.4 Å². The minimum absolute atomic E-state index is 0.0644. The molecule has 2 aromatic rings. The second-order valence-electron chi connectivity index (χ2n) is 6.25. The van der Waals surface area contributed by atoms with E-state index in [1.165, 1.54) is 18.9 Å². The summed E-state index contributed by atoms with van der Waals surface area (Å²) in [7, 11) is 0. The van der Waals surface area contributed by atoms with Crippen molar-refractivity contribution in [2.24, 2.45) is 0 Å². The van der Waals surface area contributed by atoms with Gasteiger partial charge in [0, 0.05) is 32.7 Å². The minimum Gasteiger partial charge on any atom is -0.472 e. The number of aromatic nitrogens is 3. The topological polar surface area (TPSA) is 96.5 Å². The van der Waals surface area contributed by atoms with E-state index in [9.17, 15) is 9.59 Å². The number of rotatable bonds is 4. The molecule has 1 aliphatic heterocycles. The van der Waals surface area contributed by atoms with Crippen LogP contribution >= 0.6 is 0 Å². The van der Waals surface area contributed by atoms with Gasteiger partial charge in [0.1, 0.15) is 18.4 Å². The number of carbonyl (C=O) groups is 2. The van der Waals surface area contributed by atoms with Crippen molar-refractivity contribution in [3.8, 4) is 0 Å². The van der Waals surface area contributed by atoms with Crippen LogP contribution in [0.5, 0.6) is 0 Å². The maximum atomic E-state index is 12.6. The van der Waals surface area contributed by atoms with Crippen LogP contribution in [0.4, 0.5) is 4.79 Å². The molecule has 9 nitrogen and oxygen atoms in total. The van der Waals surface area contributed by atoms with Gasteiger partial charge in [-0.25, -0.2) is 14.5 Å². The average molecular weight is 360 g/mol. The van der Waals surface area contributed by atoms with Crippen molar-refractivity contribution in [1.82, 2.24) is 29.9 Å². The Bertz CT molecular complexity index is 742. The largest absolute Gasteiger partial charge is 0.472 e. The molecule has 2 aromatic heterocycles. The van der Waals surface area contributed by atoms with Crippen LogP contribution in [0.1, 0.15) is 42.5 Å². The molecular formula is C17H24N6O3. The molecule has 1 N–H and O–H groups in total. The molecule has 26 heavy (non-hydrogen) atoms. The fourth-order valence-electron chi connectivity index (χ4n) is 3.09. The molecule has 9 heteroatoms. The van der Waals surface area contributed by atoms with E-state index in [0.29, 0.717) is 38.3 Å². The summed E-state index contributed by atoms with van der Waals surface area (Å²) in [6.07, 6.45) is 5.16. The van der Waals surface area contributed by atoms with Gasteiger partial charge in [-0.2, -0.15) is 5.10 Å². The molecular weight excluding hydrogens is 336 g/mol. The van der Waals surface area contributed by atoms with Crippen LogP contribution in [-0.2, 0) is 6.54 Å². The fraction of sp³-hybridized carbons (Fsp3) is 0.529. The van der Waals surface area contributed by atoms with Gasteiger partial charge >= 0.3 is 6.03 Å². The number of nitrogens with zero attached hydrogens (tertiary/aromatic N) is 5. The summed E-state index contributed by atoms with van der Waals surface area (Å²) in [5, 5.41) is 7.10. The molecule has 3 heterocycles. The van der Waals surface area contributed by atoms with Gasteiger partial charge in [-0.15, -0.1) is 0 Å². The predicted molar refractivity (Wildman–Crippen MR) is 93.4 cm³/mol. The van der Waals surface area contributed by atoms with E-state index in [0.717, 1.165) is 12.2 Å². The van der Waals surface area contributed by atoms with E-state index >= 15 is 0 Å². The molecule has 1 atom stereocenters. The standard InChI is InChI=1S/C17H24N6O3/c1-3-23-15(18-12-19-23)13(2)20-17(25)22-7-4-6-21(8-9-22)16(24)14-5-10-26-11-14/h5,10-13H,3-4,6-9H2,1-2H3,(H,20,25)/t13-/m0/s1. The van der Waals surface area contributed by atoms with Gasteiger partial charge in [-0.05, 0) is 26.3 Å². The molecule has 0 radical (unpaired) electrons. The third-order valence-electron chi connectivity index (χ3n) is 4.51. The quantitative estimate of drug-likeness (QED) is 0.891. The third-order valence-corrected chi connectivity index (χ3v) is 4.51. The van der Waals surface area contributed by atoms with Crippen LogP contribution < -0.4 is 5.32 Å². The zero-order valence-corrected chi connectivity index (χ0v) is 15.1. The first-order valence-electron chi connectivity index (χ1n) is 8.84. The number of carbonyl (C=O) groups excluding carboxylic acids is 2. The van der Waals surface area contributed by atoms with Crippen LogP contribution in [0.25, 0.3) is 0 Å². The minimum atomic E-state index is -0.239. The van der Waals surface area contributed by atoms with Crippen molar-refractivity contribution in [2.45, 2.75) is 32.9 Å². The lowest BCUT2D eigenvalue weighted by atomic mass is 10.3. The first-order valence-corrected chi connectivity index (χ1v) is 8.84. The van der Waals surface area contributed by atoms with Crippen molar-refractivity contribution in [3.05, 3.63) is 36.3 Å². The van der Waals surface area contributed by atoms with Gasteiger partial charge in [0.05, 0.1) is 17.9 Å². The van der Waals surface area contributed by atoms with E-state index in [1.54, 1.807) is 20.5 Å². The Balaban J connectivity index is 1.56. The lowest BCUT2D eigenvalue weighted by molar-refractivity contribution is 0.0761. The van der Waals surface area contributed by atoms with Crippen molar-refractivity contribution in [3.63, 3.8) is 0 Å². The van der Waals surface area contributed by atoms with Crippen molar-refractivity contribution < 1.29 is 14.0 Å². The maximum absolute atomic E-state index is 12.6. The Morgan fingerprint density at radius 1 is 1.27 bits per heavy atom. The second kappa shape index (κ2) is 8.03. The molecule has 3 amide bonds. The summed E-state index contributed by atoms with van der Waals surface area (Å²) >= 11 is 0. The molecule has 0 aliphatic carbocycles. The Labute approximate surface area is 152 Å². The van der Waals surface area contributed by atoms with Crippen LogP contribution in [-0.4, -0.2) is 62.7 Å². The predicted octanol–water partition coefficient (Wildman–Crippen LogP) is 1.51. The average Bonchev–Trinajstić information content (AvgIpc) is 3.28. The normalized spacial score (nSPS) is 16.2.